The first-order valence-electron chi connectivity index (χ1n) is 7.46. The number of rotatable bonds is 3. The molecule has 0 N–H and O–H groups in total. The Labute approximate surface area is 164 Å². The largest absolute Gasteiger partial charge is 0.573 e. The number of carbonyl (C=O) groups excluding carboxylic acids is 1. The average molecular weight is 470 g/mol. The van der Waals surface area contributed by atoms with Gasteiger partial charge in [-0.3, -0.25) is 4.79 Å². The Hall–Kier alpha value is -2.07. The lowest BCUT2D eigenvalue weighted by atomic mass is 10.1. The van der Waals surface area contributed by atoms with E-state index >= 15 is 0 Å². The molecular formula is C16H10BrClF4N2O3. The first-order valence-corrected chi connectivity index (χ1v) is 8.63. The number of halogens is 6. The maximum atomic E-state index is 14.1. The predicted molar refractivity (Wildman–Crippen MR) is 90.3 cm³/mol. The second kappa shape index (κ2) is 7.51. The molecule has 0 fully saturated rings. The van der Waals surface area contributed by atoms with Gasteiger partial charge in [-0.25, -0.2) is 4.39 Å². The zero-order chi connectivity index (χ0) is 19.8. The number of hydrogen-bond donors (Lipinski definition) is 0. The quantitative estimate of drug-likeness (QED) is 0.488. The molecule has 1 amide bonds. The van der Waals surface area contributed by atoms with Gasteiger partial charge in [-0.1, -0.05) is 11.6 Å². The maximum absolute atomic E-state index is 14.1. The Morgan fingerprint density at radius 2 is 2.07 bits per heavy atom. The van der Waals surface area contributed by atoms with Crippen molar-refractivity contribution in [1.82, 2.24) is 9.88 Å². The van der Waals surface area contributed by atoms with Gasteiger partial charge in [0.05, 0.1) is 11.0 Å². The van der Waals surface area contributed by atoms with E-state index in [1.807, 2.05) is 0 Å². The molecule has 0 saturated heterocycles. The van der Waals surface area contributed by atoms with Crippen LogP contribution in [0.25, 0.3) is 0 Å². The van der Waals surface area contributed by atoms with E-state index in [2.05, 4.69) is 25.7 Å². The first-order chi connectivity index (χ1) is 12.6. The van der Waals surface area contributed by atoms with Crippen molar-refractivity contribution in [3.05, 3.63) is 50.8 Å². The molecule has 0 unspecified atom stereocenters. The lowest BCUT2D eigenvalue weighted by Gasteiger charge is -2.21. The van der Waals surface area contributed by atoms with Crippen molar-refractivity contribution in [1.29, 1.82) is 0 Å². The number of pyridine rings is 1. The van der Waals surface area contributed by atoms with Crippen LogP contribution in [0.3, 0.4) is 0 Å². The number of hydrogen-bond acceptors (Lipinski definition) is 4. The molecular weight excluding hydrogens is 460 g/mol. The predicted octanol–water partition coefficient (Wildman–Crippen LogP) is 4.57. The number of nitrogens with zero attached hydrogens (tertiary/aromatic N) is 2. The van der Waals surface area contributed by atoms with E-state index in [0.29, 0.717) is 4.47 Å². The van der Waals surface area contributed by atoms with E-state index in [1.54, 1.807) is 0 Å². The molecule has 144 valence electrons. The van der Waals surface area contributed by atoms with Crippen molar-refractivity contribution in [2.24, 2.45) is 0 Å². The number of alkyl halides is 3. The summed E-state index contributed by atoms with van der Waals surface area (Å²) in [6.45, 7) is -0.138. The topological polar surface area (TPSA) is 51.7 Å². The molecule has 0 bridgehead atoms. The third-order valence-corrected chi connectivity index (χ3v) is 4.75. The van der Waals surface area contributed by atoms with E-state index < -0.39 is 23.8 Å². The van der Waals surface area contributed by atoms with Gasteiger partial charge < -0.3 is 14.4 Å². The summed E-state index contributed by atoms with van der Waals surface area (Å²) in [5, 5.41) is 0.109. The van der Waals surface area contributed by atoms with Gasteiger partial charge >= 0.3 is 6.36 Å². The fourth-order valence-corrected chi connectivity index (χ4v) is 2.91. The highest BCUT2D eigenvalue weighted by Gasteiger charge is 2.32. The number of amides is 1. The Morgan fingerprint density at radius 3 is 2.78 bits per heavy atom. The molecule has 0 radical (unpaired) electrons. The van der Waals surface area contributed by atoms with Crippen molar-refractivity contribution in [3.63, 3.8) is 0 Å². The Kier molecular flexibility index (Phi) is 5.48. The fourth-order valence-electron chi connectivity index (χ4n) is 2.46. The molecule has 1 aliphatic rings. The summed E-state index contributed by atoms with van der Waals surface area (Å²) in [7, 11) is 0. The summed E-state index contributed by atoms with van der Waals surface area (Å²) in [5.74, 6) is -1.83. The van der Waals surface area contributed by atoms with Gasteiger partial charge in [0.2, 0.25) is 5.88 Å². The third-order valence-electron chi connectivity index (χ3n) is 3.63. The van der Waals surface area contributed by atoms with E-state index in [9.17, 15) is 22.4 Å². The highest BCUT2D eigenvalue weighted by molar-refractivity contribution is 9.10. The van der Waals surface area contributed by atoms with Gasteiger partial charge in [0, 0.05) is 12.1 Å². The lowest BCUT2D eigenvalue weighted by molar-refractivity contribution is -0.274. The summed E-state index contributed by atoms with van der Waals surface area (Å²) < 4.78 is 60.7. The van der Waals surface area contributed by atoms with Crippen LogP contribution in [-0.4, -0.2) is 35.3 Å². The van der Waals surface area contributed by atoms with Crippen LogP contribution in [0.15, 0.2) is 28.7 Å². The summed E-state index contributed by atoms with van der Waals surface area (Å²) in [4.78, 5) is 17.9. The van der Waals surface area contributed by atoms with Gasteiger partial charge in [-0.15, -0.1) is 13.2 Å². The number of benzene rings is 1. The summed E-state index contributed by atoms with van der Waals surface area (Å²) >= 11 is 9.04. The van der Waals surface area contributed by atoms with E-state index in [4.69, 9.17) is 16.3 Å². The monoisotopic (exact) mass is 468 g/mol. The molecule has 0 aliphatic carbocycles. The van der Waals surface area contributed by atoms with Crippen LogP contribution in [-0.2, 0) is 6.54 Å². The second-order valence-electron chi connectivity index (χ2n) is 5.49. The smallest absolute Gasteiger partial charge is 0.475 e. The van der Waals surface area contributed by atoms with Crippen LogP contribution in [0.5, 0.6) is 11.6 Å². The standard InChI is InChI=1S/C16H10BrClF4N2O3/c17-11-6-10-14(23-13(11)18)26-4-3-24(15(10)25)7-8-5-9(1-2-12(8)19)27-16(20,21)22/h1-2,5-6H,3-4,7H2. The zero-order valence-electron chi connectivity index (χ0n) is 13.3. The third kappa shape index (κ3) is 4.62. The molecule has 1 aliphatic heterocycles. The average Bonchev–Trinajstić information content (AvgIpc) is 2.70. The van der Waals surface area contributed by atoms with Gasteiger partial charge in [0.1, 0.15) is 28.9 Å². The van der Waals surface area contributed by atoms with Crippen LogP contribution in [0.4, 0.5) is 17.6 Å². The normalized spacial score (nSPS) is 14.4. The number of ether oxygens (including phenoxy) is 2. The number of fused-ring (bicyclic) bond motifs is 1. The van der Waals surface area contributed by atoms with Crippen molar-refractivity contribution >= 4 is 33.4 Å². The molecule has 1 aromatic carbocycles. The van der Waals surface area contributed by atoms with Crippen molar-refractivity contribution in [2.45, 2.75) is 12.9 Å². The zero-order valence-corrected chi connectivity index (χ0v) is 15.7. The van der Waals surface area contributed by atoms with Gasteiger partial charge in [-0.05, 0) is 40.2 Å². The highest BCUT2D eigenvalue weighted by Crippen LogP contribution is 2.31. The summed E-state index contributed by atoms with van der Waals surface area (Å²) in [6.07, 6.45) is -4.91. The second-order valence-corrected chi connectivity index (χ2v) is 6.70. The van der Waals surface area contributed by atoms with Crippen LogP contribution in [0.1, 0.15) is 15.9 Å². The molecule has 0 atom stereocenters. The Morgan fingerprint density at radius 1 is 1.33 bits per heavy atom. The Balaban J connectivity index is 1.88. The van der Waals surface area contributed by atoms with Crippen LogP contribution < -0.4 is 9.47 Å². The molecule has 5 nitrogen and oxygen atoms in total. The fraction of sp³-hybridized carbons (Fsp3) is 0.250. The van der Waals surface area contributed by atoms with Crippen LogP contribution in [0.2, 0.25) is 5.15 Å². The van der Waals surface area contributed by atoms with E-state index in [-0.39, 0.29) is 41.9 Å². The lowest BCUT2D eigenvalue weighted by Crippen LogP contribution is -2.32. The number of carbonyl (C=O) groups is 1. The van der Waals surface area contributed by atoms with Crippen molar-refractivity contribution in [2.75, 3.05) is 13.2 Å². The molecule has 11 heteroatoms. The Bertz CT molecular complexity index is 895. The van der Waals surface area contributed by atoms with Crippen LogP contribution >= 0.6 is 27.5 Å². The molecule has 2 aromatic rings. The first kappa shape index (κ1) is 19.7. The minimum absolute atomic E-state index is 0.0327. The highest BCUT2D eigenvalue weighted by atomic mass is 79.9. The maximum Gasteiger partial charge on any atom is 0.573 e. The molecule has 1 aromatic heterocycles. The molecule has 0 saturated carbocycles. The SMILES string of the molecule is O=C1c2cc(Br)c(Cl)nc2OCCN1Cc1cc(OC(F)(F)F)ccc1F. The van der Waals surface area contributed by atoms with E-state index in [1.165, 1.54) is 11.0 Å². The minimum Gasteiger partial charge on any atom is -0.475 e. The van der Waals surface area contributed by atoms with Crippen molar-refractivity contribution in [3.8, 4) is 11.6 Å². The van der Waals surface area contributed by atoms with Gasteiger partial charge in [0.15, 0.2) is 0 Å². The molecule has 27 heavy (non-hydrogen) atoms. The summed E-state index contributed by atoms with van der Waals surface area (Å²) in [6, 6.07) is 4.03. The van der Waals surface area contributed by atoms with Crippen LogP contribution in [0, 0.1) is 5.82 Å². The minimum atomic E-state index is -4.91. The molecule has 0 spiro atoms. The molecule has 2 heterocycles. The molecule has 3 rings (SSSR count). The van der Waals surface area contributed by atoms with Gasteiger partial charge in [0.25, 0.3) is 5.91 Å². The van der Waals surface area contributed by atoms with Crippen molar-refractivity contribution < 1.29 is 31.8 Å². The summed E-state index contributed by atoms with van der Waals surface area (Å²) in [5.41, 5.74) is -0.0265. The van der Waals surface area contributed by atoms with E-state index in [0.717, 1.165) is 18.2 Å². The van der Waals surface area contributed by atoms with Gasteiger partial charge in [-0.2, -0.15) is 4.98 Å². The number of aromatic nitrogens is 1.